The molecule has 0 amide bonds. The number of halogens is 3. The second-order valence-electron chi connectivity index (χ2n) is 3.75. The number of ether oxygens (including phenoxy) is 1. The van der Waals surface area contributed by atoms with Crippen molar-refractivity contribution in [2.75, 3.05) is 0 Å². The van der Waals surface area contributed by atoms with Crippen LogP contribution < -0.4 is 10.5 Å². The van der Waals surface area contributed by atoms with Gasteiger partial charge in [0, 0.05) is 24.5 Å². The maximum absolute atomic E-state index is 12.6. The van der Waals surface area contributed by atoms with Crippen LogP contribution in [0, 0.1) is 0 Å². The summed E-state index contributed by atoms with van der Waals surface area (Å²) in [5, 5.41) is 0.387. The topological polar surface area (TPSA) is 53.1 Å². The average molecular weight is 288 g/mol. The quantitative estimate of drug-likeness (QED) is 0.920. The number of alkyl halides is 2. The van der Waals surface area contributed by atoms with Crippen molar-refractivity contribution in [1.29, 1.82) is 0 Å². The van der Waals surface area contributed by atoms with Gasteiger partial charge in [0.05, 0.1) is 5.02 Å². The van der Waals surface area contributed by atoms with Gasteiger partial charge in [0.15, 0.2) is 5.82 Å². The minimum absolute atomic E-state index is 0.103. The van der Waals surface area contributed by atoms with E-state index in [1.807, 2.05) is 0 Å². The molecule has 0 fully saturated rings. The molecule has 1 heterocycles. The van der Waals surface area contributed by atoms with Gasteiger partial charge in [-0.3, -0.25) is 4.57 Å². The molecule has 0 saturated heterocycles. The molecule has 1 aromatic carbocycles. The van der Waals surface area contributed by atoms with Crippen LogP contribution in [0.3, 0.4) is 0 Å². The molecule has 4 nitrogen and oxygen atoms in total. The maximum Gasteiger partial charge on any atom is 0.320 e. The summed E-state index contributed by atoms with van der Waals surface area (Å²) in [4.78, 5) is 3.82. The lowest BCUT2D eigenvalue weighted by Gasteiger charge is -2.12. The SMILES string of the molecule is NCc1cccc(Cl)c1OCc1nccn1C(F)F. The zero-order valence-corrected chi connectivity index (χ0v) is 10.6. The van der Waals surface area contributed by atoms with E-state index in [1.165, 1.54) is 12.4 Å². The molecule has 19 heavy (non-hydrogen) atoms. The van der Waals surface area contributed by atoms with Crippen LogP contribution in [0.4, 0.5) is 8.78 Å². The van der Waals surface area contributed by atoms with Crippen molar-refractivity contribution in [3.8, 4) is 5.75 Å². The van der Waals surface area contributed by atoms with Crippen molar-refractivity contribution >= 4 is 11.6 Å². The molecule has 0 radical (unpaired) electrons. The highest BCUT2D eigenvalue weighted by Gasteiger charge is 2.13. The largest absolute Gasteiger partial charge is 0.484 e. The molecule has 0 aliphatic carbocycles. The third kappa shape index (κ3) is 3.02. The number of hydrogen-bond donors (Lipinski definition) is 1. The summed E-state index contributed by atoms with van der Waals surface area (Å²) in [6.45, 7) is -2.51. The summed E-state index contributed by atoms with van der Waals surface area (Å²) in [5.74, 6) is 0.522. The fourth-order valence-electron chi connectivity index (χ4n) is 1.65. The van der Waals surface area contributed by atoms with E-state index in [2.05, 4.69) is 4.98 Å². The molecule has 0 atom stereocenters. The smallest absolute Gasteiger partial charge is 0.320 e. The third-order valence-electron chi connectivity index (χ3n) is 2.57. The summed E-state index contributed by atoms with van der Waals surface area (Å²) in [5.41, 5.74) is 6.28. The second kappa shape index (κ2) is 5.99. The first-order chi connectivity index (χ1) is 9.13. The normalized spacial score (nSPS) is 11.0. The van der Waals surface area contributed by atoms with Gasteiger partial charge in [0.25, 0.3) is 0 Å². The predicted molar refractivity (Wildman–Crippen MR) is 67.2 cm³/mol. The van der Waals surface area contributed by atoms with Gasteiger partial charge in [-0.15, -0.1) is 0 Å². The van der Waals surface area contributed by atoms with Gasteiger partial charge in [-0.1, -0.05) is 23.7 Å². The summed E-state index contributed by atoms with van der Waals surface area (Å²) >= 11 is 5.99. The Balaban J connectivity index is 2.17. The standard InChI is InChI=1S/C12H12ClF2N3O/c13-9-3-1-2-8(6-16)11(9)19-7-10-17-4-5-18(10)12(14)15/h1-5,12H,6-7,16H2. The van der Waals surface area contributed by atoms with Crippen molar-refractivity contribution in [3.05, 3.63) is 47.0 Å². The Morgan fingerprint density at radius 3 is 2.89 bits per heavy atom. The number of para-hydroxylation sites is 1. The van der Waals surface area contributed by atoms with E-state index in [0.717, 1.165) is 4.57 Å². The highest BCUT2D eigenvalue weighted by Crippen LogP contribution is 2.29. The Bertz CT molecular complexity index is 560. The first-order valence-electron chi connectivity index (χ1n) is 5.53. The number of aromatic nitrogens is 2. The molecule has 2 N–H and O–H groups in total. The zero-order chi connectivity index (χ0) is 13.8. The summed E-state index contributed by atoms with van der Waals surface area (Å²) in [7, 11) is 0. The Hall–Kier alpha value is -1.66. The average Bonchev–Trinajstić information content (AvgIpc) is 2.85. The van der Waals surface area contributed by atoms with Crippen LogP contribution in [0.5, 0.6) is 5.75 Å². The minimum Gasteiger partial charge on any atom is -0.484 e. The summed E-state index contributed by atoms with van der Waals surface area (Å²) in [6, 6.07) is 5.16. The van der Waals surface area contributed by atoms with Crippen molar-refractivity contribution < 1.29 is 13.5 Å². The molecule has 0 unspecified atom stereocenters. The lowest BCUT2D eigenvalue weighted by Crippen LogP contribution is -2.09. The van der Waals surface area contributed by atoms with E-state index < -0.39 is 6.55 Å². The van der Waals surface area contributed by atoms with Crippen molar-refractivity contribution in [2.45, 2.75) is 19.7 Å². The van der Waals surface area contributed by atoms with Gasteiger partial charge in [0.2, 0.25) is 0 Å². The number of imidazole rings is 1. The fraction of sp³-hybridized carbons (Fsp3) is 0.250. The van der Waals surface area contributed by atoms with E-state index in [9.17, 15) is 8.78 Å². The molecule has 0 bridgehead atoms. The molecule has 2 aromatic rings. The number of nitrogens with zero attached hydrogens (tertiary/aromatic N) is 2. The molecule has 0 spiro atoms. The zero-order valence-electron chi connectivity index (χ0n) is 9.89. The van der Waals surface area contributed by atoms with Gasteiger partial charge in [-0.25, -0.2) is 4.98 Å². The van der Waals surface area contributed by atoms with Crippen molar-refractivity contribution in [1.82, 2.24) is 9.55 Å². The molecular weight excluding hydrogens is 276 g/mol. The lowest BCUT2D eigenvalue weighted by molar-refractivity contribution is 0.0632. The van der Waals surface area contributed by atoms with Gasteiger partial charge >= 0.3 is 6.55 Å². The molecule has 0 aliphatic heterocycles. The Labute approximate surface area is 113 Å². The van der Waals surface area contributed by atoms with E-state index in [0.29, 0.717) is 16.3 Å². The van der Waals surface area contributed by atoms with E-state index in [4.69, 9.17) is 22.1 Å². The van der Waals surface area contributed by atoms with Crippen LogP contribution in [0.15, 0.2) is 30.6 Å². The van der Waals surface area contributed by atoms with Crippen LogP contribution in [-0.4, -0.2) is 9.55 Å². The lowest BCUT2D eigenvalue weighted by atomic mass is 10.2. The van der Waals surface area contributed by atoms with Gasteiger partial charge in [-0.2, -0.15) is 8.78 Å². The van der Waals surface area contributed by atoms with E-state index in [-0.39, 0.29) is 19.0 Å². The van der Waals surface area contributed by atoms with Crippen LogP contribution in [0.1, 0.15) is 17.9 Å². The Kier molecular flexibility index (Phi) is 4.34. The minimum atomic E-state index is -2.65. The first-order valence-corrected chi connectivity index (χ1v) is 5.91. The fourth-order valence-corrected chi connectivity index (χ4v) is 1.89. The van der Waals surface area contributed by atoms with E-state index in [1.54, 1.807) is 18.2 Å². The molecule has 0 saturated carbocycles. The number of rotatable bonds is 5. The van der Waals surface area contributed by atoms with Gasteiger partial charge in [0.1, 0.15) is 12.4 Å². The highest BCUT2D eigenvalue weighted by atomic mass is 35.5. The maximum atomic E-state index is 12.6. The second-order valence-corrected chi connectivity index (χ2v) is 4.16. The molecule has 7 heteroatoms. The number of benzene rings is 1. The number of hydrogen-bond acceptors (Lipinski definition) is 3. The molecule has 2 rings (SSSR count). The number of nitrogens with two attached hydrogens (primary N) is 1. The summed E-state index contributed by atoms with van der Waals surface area (Å²) in [6.07, 6.45) is 2.49. The van der Waals surface area contributed by atoms with Crippen LogP contribution in [0.2, 0.25) is 5.02 Å². The first kappa shape index (κ1) is 13.8. The molecular formula is C12H12ClF2N3O. The Morgan fingerprint density at radius 1 is 1.42 bits per heavy atom. The van der Waals surface area contributed by atoms with Crippen LogP contribution in [0.25, 0.3) is 0 Å². The highest BCUT2D eigenvalue weighted by molar-refractivity contribution is 6.32. The molecule has 102 valence electrons. The monoisotopic (exact) mass is 287 g/mol. The van der Waals surface area contributed by atoms with Gasteiger partial charge < -0.3 is 10.5 Å². The molecule has 1 aromatic heterocycles. The third-order valence-corrected chi connectivity index (χ3v) is 2.87. The van der Waals surface area contributed by atoms with E-state index >= 15 is 0 Å². The van der Waals surface area contributed by atoms with Crippen molar-refractivity contribution in [2.24, 2.45) is 5.73 Å². The molecule has 0 aliphatic rings. The van der Waals surface area contributed by atoms with Crippen LogP contribution in [-0.2, 0) is 13.2 Å². The van der Waals surface area contributed by atoms with Gasteiger partial charge in [-0.05, 0) is 6.07 Å². The van der Waals surface area contributed by atoms with Crippen molar-refractivity contribution in [3.63, 3.8) is 0 Å². The summed E-state index contributed by atoms with van der Waals surface area (Å²) < 4.78 is 31.5. The van der Waals surface area contributed by atoms with Crippen LogP contribution >= 0.6 is 11.6 Å². The predicted octanol–water partition coefficient (Wildman–Crippen LogP) is 2.97. The Morgan fingerprint density at radius 2 is 2.21 bits per heavy atom.